The molecule has 0 spiro atoms. The summed E-state index contributed by atoms with van der Waals surface area (Å²) in [4.78, 5) is 22.0. The average molecular weight is 196 g/mol. The van der Waals surface area contributed by atoms with Gasteiger partial charge in [-0.2, -0.15) is 0 Å². The predicted molar refractivity (Wildman–Crippen MR) is 54.0 cm³/mol. The number of amides is 2. The molecule has 0 aliphatic heterocycles. The molecule has 0 fully saturated rings. The van der Waals surface area contributed by atoms with Gasteiger partial charge in [-0.3, -0.25) is 9.59 Å². The van der Waals surface area contributed by atoms with E-state index in [1.165, 1.54) is 0 Å². The van der Waals surface area contributed by atoms with Gasteiger partial charge >= 0.3 is 0 Å². The molecule has 0 rings (SSSR count). The molecule has 78 valence electrons. The van der Waals surface area contributed by atoms with Gasteiger partial charge in [0.1, 0.15) is 0 Å². The number of rotatable bonds is 5. The lowest BCUT2D eigenvalue weighted by Crippen LogP contribution is -2.32. The largest absolute Gasteiger partial charge is 0.369 e. The summed E-state index contributed by atoms with van der Waals surface area (Å²) in [6.45, 7) is 3.66. The Balaban J connectivity index is 3.96. The third kappa shape index (κ3) is 4.51. The zero-order valence-electron chi connectivity index (χ0n) is 8.54. The van der Waals surface area contributed by atoms with Crippen LogP contribution in [0.4, 0.5) is 0 Å². The molecular formula is C10H16N2O2. The molecule has 0 aliphatic rings. The van der Waals surface area contributed by atoms with Crippen LogP contribution in [0.3, 0.4) is 0 Å². The molecule has 0 bridgehead atoms. The summed E-state index contributed by atoms with van der Waals surface area (Å²) in [5.41, 5.74) is 5.08. The van der Waals surface area contributed by atoms with Crippen molar-refractivity contribution in [3.8, 4) is 12.3 Å². The highest BCUT2D eigenvalue weighted by molar-refractivity contribution is 5.80. The summed E-state index contributed by atoms with van der Waals surface area (Å²) < 4.78 is 0. The normalized spacial score (nSPS) is 13.8. The molecule has 0 aromatic heterocycles. The minimum absolute atomic E-state index is 0.143. The Morgan fingerprint density at radius 1 is 1.43 bits per heavy atom. The van der Waals surface area contributed by atoms with Crippen molar-refractivity contribution in [2.24, 2.45) is 17.6 Å². The van der Waals surface area contributed by atoms with E-state index in [-0.39, 0.29) is 30.2 Å². The van der Waals surface area contributed by atoms with Crippen molar-refractivity contribution in [3.63, 3.8) is 0 Å². The van der Waals surface area contributed by atoms with E-state index in [9.17, 15) is 9.59 Å². The SMILES string of the molecule is C#CCNC(=O)C(C)CC(C)C(N)=O. The minimum atomic E-state index is -0.387. The predicted octanol–water partition coefficient (Wildman–Crippen LogP) is -0.117. The quantitative estimate of drug-likeness (QED) is 0.602. The van der Waals surface area contributed by atoms with Crippen molar-refractivity contribution in [3.05, 3.63) is 0 Å². The Morgan fingerprint density at radius 2 is 2.00 bits per heavy atom. The van der Waals surface area contributed by atoms with E-state index < -0.39 is 0 Å². The smallest absolute Gasteiger partial charge is 0.223 e. The lowest BCUT2D eigenvalue weighted by atomic mass is 9.96. The standard InChI is InChI=1S/C10H16N2O2/c1-4-5-12-10(14)8(3)6-7(2)9(11)13/h1,7-8H,5-6H2,2-3H3,(H2,11,13)(H,12,14). The second-order valence-electron chi connectivity index (χ2n) is 3.36. The van der Waals surface area contributed by atoms with Gasteiger partial charge in [-0.25, -0.2) is 0 Å². The highest BCUT2D eigenvalue weighted by atomic mass is 16.2. The molecule has 2 amide bonds. The summed E-state index contributed by atoms with van der Waals surface area (Å²) in [5.74, 6) is 1.24. The van der Waals surface area contributed by atoms with Crippen LogP contribution in [0.5, 0.6) is 0 Å². The Bertz CT molecular complexity index is 255. The van der Waals surface area contributed by atoms with Gasteiger partial charge in [-0.15, -0.1) is 6.42 Å². The first-order valence-corrected chi connectivity index (χ1v) is 4.49. The van der Waals surface area contributed by atoms with Gasteiger partial charge in [-0.05, 0) is 6.42 Å². The monoisotopic (exact) mass is 196 g/mol. The molecule has 14 heavy (non-hydrogen) atoms. The minimum Gasteiger partial charge on any atom is -0.369 e. The fourth-order valence-corrected chi connectivity index (χ4v) is 1.07. The molecule has 4 nitrogen and oxygen atoms in total. The van der Waals surface area contributed by atoms with Crippen molar-refractivity contribution in [2.75, 3.05) is 6.54 Å². The first-order valence-electron chi connectivity index (χ1n) is 4.49. The van der Waals surface area contributed by atoms with Gasteiger partial charge < -0.3 is 11.1 Å². The van der Waals surface area contributed by atoms with E-state index in [2.05, 4.69) is 11.2 Å². The number of hydrogen-bond acceptors (Lipinski definition) is 2. The third-order valence-corrected chi connectivity index (χ3v) is 2.01. The summed E-state index contributed by atoms with van der Waals surface area (Å²) >= 11 is 0. The second kappa shape index (κ2) is 6.03. The maximum Gasteiger partial charge on any atom is 0.223 e. The molecule has 0 saturated carbocycles. The molecular weight excluding hydrogens is 180 g/mol. The molecule has 0 saturated heterocycles. The molecule has 4 heteroatoms. The van der Waals surface area contributed by atoms with Crippen molar-refractivity contribution < 1.29 is 9.59 Å². The van der Waals surface area contributed by atoms with Gasteiger partial charge in [0.15, 0.2) is 0 Å². The number of primary amides is 1. The van der Waals surface area contributed by atoms with E-state index in [1.54, 1.807) is 13.8 Å². The van der Waals surface area contributed by atoms with Crippen molar-refractivity contribution in [1.82, 2.24) is 5.32 Å². The second-order valence-corrected chi connectivity index (χ2v) is 3.36. The number of carbonyl (C=O) groups is 2. The summed E-state index contributed by atoms with van der Waals surface area (Å²) in [6.07, 6.45) is 5.44. The molecule has 0 aliphatic carbocycles. The molecule has 0 aromatic rings. The number of hydrogen-bond donors (Lipinski definition) is 2. The van der Waals surface area contributed by atoms with Crippen molar-refractivity contribution in [1.29, 1.82) is 0 Å². The van der Waals surface area contributed by atoms with Crippen LogP contribution in [0.1, 0.15) is 20.3 Å². The van der Waals surface area contributed by atoms with Gasteiger partial charge in [-0.1, -0.05) is 19.8 Å². The van der Waals surface area contributed by atoms with Crippen LogP contribution < -0.4 is 11.1 Å². The first kappa shape index (κ1) is 12.5. The van der Waals surface area contributed by atoms with E-state index in [0.29, 0.717) is 6.42 Å². The number of nitrogens with one attached hydrogen (secondary N) is 1. The van der Waals surface area contributed by atoms with Gasteiger partial charge in [0, 0.05) is 11.8 Å². The summed E-state index contributed by atoms with van der Waals surface area (Å²) in [7, 11) is 0. The molecule has 2 unspecified atom stereocenters. The maximum atomic E-state index is 11.3. The topological polar surface area (TPSA) is 72.2 Å². The van der Waals surface area contributed by atoms with Crippen LogP contribution in [-0.2, 0) is 9.59 Å². The number of carbonyl (C=O) groups excluding carboxylic acids is 2. The van der Waals surface area contributed by atoms with E-state index in [0.717, 1.165) is 0 Å². The van der Waals surface area contributed by atoms with Crippen molar-refractivity contribution in [2.45, 2.75) is 20.3 Å². The van der Waals surface area contributed by atoms with Gasteiger partial charge in [0.25, 0.3) is 0 Å². The maximum absolute atomic E-state index is 11.3. The van der Waals surface area contributed by atoms with E-state index in [4.69, 9.17) is 12.2 Å². The first-order chi connectivity index (χ1) is 6.49. The fourth-order valence-electron chi connectivity index (χ4n) is 1.07. The number of nitrogens with two attached hydrogens (primary N) is 1. The van der Waals surface area contributed by atoms with Crippen molar-refractivity contribution >= 4 is 11.8 Å². The average Bonchev–Trinajstić information content (AvgIpc) is 2.13. The van der Waals surface area contributed by atoms with E-state index in [1.807, 2.05) is 0 Å². The summed E-state index contributed by atoms with van der Waals surface area (Å²) in [6, 6.07) is 0. The number of terminal acetylenes is 1. The molecule has 3 N–H and O–H groups in total. The third-order valence-electron chi connectivity index (χ3n) is 2.01. The summed E-state index contributed by atoms with van der Waals surface area (Å²) in [5, 5.41) is 2.55. The molecule has 0 radical (unpaired) electrons. The van der Waals surface area contributed by atoms with Gasteiger partial charge in [0.05, 0.1) is 6.54 Å². The molecule has 0 aromatic carbocycles. The van der Waals surface area contributed by atoms with Crippen LogP contribution in [0.25, 0.3) is 0 Å². The Morgan fingerprint density at radius 3 is 2.43 bits per heavy atom. The molecule has 2 atom stereocenters. The van der Waals surface area contributed by atoms with Crippen LogP contribution in [0, 0.1) is 24.2 Å². The Hall–Kier alpha value is -1.50. The highest BCUT2D eigenvalue weighted by Gasteiger charge is 2.18. The van der Waals surface area contributed by atoms with Crippen LogP contribution in [0.2, 0.25) is 0 Å². The van der Waals surface area contributed by atoms with E-state index >= 15 is 0 Å². The van der Waals surface area contributed by atoms with Crippen LogP contribution >= 0.6 is 0 Å². The van der Waals surface area contributed by atoms with Gasteiger partial charge in [0.2, 0.25) is 11.8 Å². The zero-order chi connectivity index (χ0) is 11.1. The Labute approximate surface area is 84.2 Å². The molecule has 0 heterocycles. The highest BCUT2D eigenvalue weighted by Crippen LogP contribution is 2.11. The lowest BCUT2D eigenvalue weighted by Gasteiger charge is -2.13. The zero-order valence-corrected chi connectivity index (χ0v) is 8.54. The fraction of sp³-hybridized carbons (Fsp3) is 0.600. The Kier molecular flexibility index (Phi) is 5.38. The van der Waals surface area contributed by atoms with Crippen LogP contribution in [0.15, 0.2) is 0 Å². The van der Waals surface area contributed by atoms with Crippen LogP contribution in [-0.4, -0.2) is 18.4 Å². The lowest BCUT2D eigenvalue weighted by molar-refractivity contribution is -0.126.